The molecular formula is C18H22N2. The molecule has 0 fully saturated rings. The van der Waals surface area contributed by atoms with E-state index in [2.05, 4.69) is 73.9 Å². The Balaban J connectivity index is 1.85. The van der Waals surface area contributed by atoms with Crippen molar-refractivity contribution in [3.8, 4) is 0 Å². The smallest absolute Gasteiger partial charge is 0.0969 e. The second-order valence-electron chi connectivity index (χ2n) is 5.83. The summed E-state index contributed by atoms with van der Waals surface area (Å²) in [6.45, 7) is 6.63. The van der Waals surface area contributed by atoms with E-state index < -0.39 is 0 Å². The molecule has 2 atom stereocenters. The first-order valence-corrected chi connectivity index (χ1v) is 7.33. The van der Waals surface area contributed by atoms with Crippen molar-refractivity contribution < 1.29 is 0 Å². The summed E-state index contributed by atoms with van der Waals surface area (Å²) in [5.74, 6) is 0.577. The average molecular weight is 266 g/mol. The van der Waals surface area contributed by atoms with Crippen molar-refractivity contribution >= 4 is 11.4 Å². The quantitative estimate of drug-likeness (QED) is 0.826. The highest BCUT2D eigenvalue weighted by molar-refractivity contribution is 5.62. The normalized spacial score (nSPS) is 20.9. The third-order valence-corrected chi connectivity index (χ3v) is 4.22. The van der Waals surface area contributed by atoms with Gasteiger partial charge in [0.15, 0.2) is 0 Å². The SMILES string of the molecule is Cc1ccccc1N[C@@H]1CC(C)c2cccc(C)c2N1. The van der Waals surface area contributed by atoms with Crippen LogP contribution < -0.4 is 10.6 Å². The second kappa shape index (κ2) is 5.20. The van der Waals surface area contributed by atoms with E-state index in [9.17, 15) is 0 Å². The number of nitrogens with one attached hydrogen (secondary N) is 2. The fourth-order valence-electron chi connectivity index (χ4n) is 3.03. The van der Waals surface area contributed by atoms with Crippen molar-refractivity contribution in [2.75, 3.05) is 10.6 Å². The number of anilines is 2. The number of hydrogen-bond acceptors (Lipinski definition) is 2. The average Bonchev–Trinajstić information content (AvgIpc) is 2.43. The van der Waals surface area contributed by atoms with Gasteiger partial charge in [-0.25, -0.2) is 0 Å². The van der Waals surface area contributed by atoms with Gasteiger partial charge in [0.25, 0.3) is 0 Å². The molecule has 0 bridgehead atoms. The Bertz CT molecular complexity index is 619. The third kappa shape index (κ3) is 2.38. The maximum atomic E-state index is 3.66. The monoisotopic (exact) mass is 266 g/mol. The van der Waals surface area contributed by atoms with Crippen molar-refractivity contribution in [1.29, 1.82) is 0 Å². The van der Waals surface area contributed by atoms with E-state index in [0.717, 1.165) is 6.42 Å². The maximum absolute atomic E-state index is 3.66. The lowest BCUT2D eigenvalue weighted by Crippen LogP contribution is -2.34. The zero-order valence-electron chi connectivity index (χ0n) is 12.4. The molecule has 1 aliphatic heterocycles. The fraction of sp³-hybridized carbons (Fsp3) is 0.333. The number of hydrogen-bond donors (Lipinski definition) is 2. The number of fused-ring (bicyclic) bond motifs is 1. The molecule has 2 aromatic rings. The molecule has 104 valence electrons. The fourth-order valence-corrected chi connectivity index (χ4v) is 3.03. The molecule has 0 aromatic heterocycles. The molecule has 2 N–H and O–H groups in total. The first-order chi connectivity index (χ1) is 9.65. The Morgan fingerprint density at radius 1 is 1.00 bits per heavy atom. The number of benzene rings is 2. The van der Waals surface area contributed by atoms with Gasteiger partial charge >= 0.3 is 0 Å². The summed E-state index contributed by atoms with van der Waals surface area (Å²) in [5.41, 5.74) is 6.57. The highest BCUT2D eigenvalue weighted by Crippen LogP contribution is 2.36. The van der Waals surface area contributed by atoms with E-state index in [1.807, 2.05) is 0 Å². The summed E-state index contributed by atoms with van der Waals surface area (Å²) in [6.07, 6.45) is 1.39. The van der Waals surface area contributed by atoms with Crippen molar-refractivity contribution in [3.05, 3.63) is 59.2 Å². The highest BCUT2D eigenvalue weighted by Gasteiger charge is 2.24. The molecule has 2 aromatic carbocycles. The molecule has 0 saturated heterocycles. The number of rotatable bonds is 2. The van der Waals surface area contributed by atoms with E-state index >= 15 is 0 Å². The summed E-state index contributed by atoms with van der Waals surface area (Å²) in [5, 5.41) is 7.30. The summed E-state index contributed by atoms with van der Waals surface area (Å²) in [7, 11) is 0. The first kappa shape index (κ1) is 13.0. The van der Waals surface area contributed by atoms with Gasteiger partial charge in [0, 0.05) is 11.4 Å². The van der Waals surface area contributed by atoms with E-state index in [0.29, 0.717) is 12.1 Å². The summed E-state index contributed by atoms with van der Waals surface area (Å²) >= 11 is 0. The summed E-state index contributed by atoms with van der Waals surface area (Å²) < 4.78 is 0. The van der Waals surface area contributed by atoms with Crippen LogP contribution in [0.2, 0.25) is 0 Å². The molecule has 1 unspecified atom stereocenters. The molecule has 1 heterocycles. The van der Waals surface area contributed by atoms with Gasteiger partial charge in [-0.05, 0) is 48.9 Å². The lowest BCUT2D eigenvalue weighted by Gasteiger charge is -2.34. The lowest BCUT2D eigenvalue weighted by atomic mass is 9.89. The third-order valence-electron chi connectivity index (χ3n) is 4.22. The second-order valence-corrected chi connectivity index (χ2v) is 5.83. The van der Waals surface area contributed by atoms with Gasteiger partial charge in [-0.15, -0.1) is 0 Å². The Hall–Kier alpha value is -1.96. The highest BCUT2D eigenvalue weighted by atomic mass is 15.1. The first-order valence-electron chi connectivity index (χ1n) is 7.33. The van der Waals surface area contributed by atoms with E-state index in [4.69, 9.17) is 0 Å². The zero-order valence-corrected chi connectivity index (χ0v) is 12.4. The minimum atomic E-state index is 0.291. The molecule has 0 amide bonds. The maximum Gasteiger partial charge on any atom is 0.0969 e. The number of para-hydroxylation sites is 2. The largest absolute Gasteiger partial charge is 0.365 e. The van der Waals surface area contributed by atoms with Crippen LogP contribution in [0.3, 0.4) is 0 Å². The van der Waals surface area contributed by atoms with E-state index in [-0.39, 0.29) is 0 Å². The summed E-state index contributed by atoms with van der Waals surface area (Å²) in [6, 6.07) is 15.0. The van der Waals surface area contributed by atoms with Crippen LogP contribution in [-0.2, 0) is 0 Å². The van der Waals surface area contributed by atoms with Crippen LogP contribution in [0.5, 0.6) is 0 Å². The molecule has 0 radical (unpaired) electrons. The molecule has 0 aliphatic carbocycles. The van der Waals surface area contributed by atoms with Crippen LogP contribution in [0.15, 0.2) is 42.5 Å². The molecule has 0 saturated carbocycles. The van der Waals surface area contributed by atoms with Crippen molar-refractivity contribution in [1.82, 2.24) is 0 Å². The predicted octanol–water partition coefficient (Wildman–Crippen LogP) is 4.66. The minimum absolute atomic E-state index is 0.291. The van der Waals surface area contributed by atoms with Crippen LogP contribution >= 0.6 is 0 Å². The van der Waals surface area contributed by atoms with Crippen LogP contribution in [0, 0.1) is 13.8 Å². The van der Waals surface area contributed by atoms with Crippen LogP contribution in [0.1, 0.15) is 36.0 Å². The van der Waals surface area contributed by atoms with Gasteiger partial charge in [0.2, 0.25) is 0 Å². The molecular weight excluding hydrogens is 244 g/mol. The van der Waals surface area contributed by atoms with E-state index in [1.165, 1.54) is 28.1 Å². The molecule has 2 nitrogen and oxygen atoms in total. The summed E-state index contributed by atoms with van der Waals surface area (Å²) in [4.78, 5) is 0. The van der Waals surface area contributed by atoms with Gasteiger partial charge < -0.3 is 10.6 Å². The lowest BCUT2D eigenvalue weighted by molar-refractivity contribution is 0.597. The van der Waals surface area contributed by atoms with Crippen molar-refractivity contribution in [2.24, 2.45) is 0 Å². The Kier molecular flexibility index (Phi) is 3.39. The van der Waals surface area contributed by atoms with Gasteiger partial charge in [-0.3, -0.25) is 0 Å². The van der Waals surface area contributed by atoms with Crippen molar-refractivity contribution in [3.63, 3.8) is 0 Å². The molecule has 0 spiro atoms. The van der Waals surface area contributed by atoms with E-state index in [1.54, 1.807) is 0 Å². The van der Waals surface area contributed by atoms with Gasteiger partial charge in [0.05, 0.1) is 6.17 Å². The minimum Gasteiger partial charge on any atom is -0.365 e. The van der Waals surface area contributed by atoms with Gasteiger partial charge in [-0.1, -0.05) is 43.3 Å². The standard InChI is InChI=1S/C18H22N2/c1-12-7-4-5-10-16(12)19-17-11-14(3)15-9-6-8-13(2)18(15)20-17/h4-10,14,17,19-20H,11H2,1-3H3/t14?,17-/m0/s1. The topological polar surface area (TPSA) is 24.1 Å². The van der Waals surface area contributed by atoms with Gasteiger partial charge in [0.1, 0.15) is 0 Å². The van der Waals surface area contributed by atoms with Gasteiger partial charge in [-0.2, -0.15) is 0 Å². The predicted molar refractivity (Wildman–Crippen MR) is 86.4 cm³/mol. The van der Waals surface area contributed by atoms with Crippen molar-refractivity contribution in [2.45, 2.75) is 39.3 Å². The molecule has 1 aliphatic rings. The Labute approximate surface area is 121 Å². The van der Waals surface area contributed by atoms with Crippen LogP contribution in [-0.4, -0.2) is 6.17 Å². The molecule has 20 heavy (non-hydrogen) atoms. The Morgan fingerprint density at radius 3 is 2.55 bits per heavy atom. The molecule has 3 rings (SSSR count). The number of aryl methyl sites for hydroxylation is 2. The molecule has 2 heteroatoms. The zero-order chi connectivity index (χ0) is 14.1. The van der Waals surface area contributed by atoms with Crippen LogP contribution in [0.25, 0.3) is 0 Å². The Morgan fingerprint density at radius 2 is 1.75 bits per heavy atom. The van der Waals surface area contributed by atoms with Crippen LogP contribution in [0.4, 0.5) is 11.4 Å².